The highest BCUT2D eigenvalue weighted by atomic mass is 19.1. The summed E-state index contributed by atoms with van der Waals surface area (Å²) in [5.41, 5.74) is 2.15. The Labute approximate surface area is 119 Å². The van der Waals surface area contributed by atoms with Gasteiger partial charge in [-0.2, -0.15) is 10.4 Å². The average molecular weight is 285 g/mol. The quantitative estimate of drug-likeness (QED) is 0.696. The summed E-state index contributed by atoms with van der Waals surface area (Å²) in [5.74, 6) is -2.10. The van der Waals surface area contributed by atoms with Crippen molar-refractivity contribution in [2.75, 3.05) is 0 Å². The molecule has 0 aliphatic rings. The molecule has 4 nitrogen and oxygen atoms in total. The van der Waals surface area contributed by atoms with Gasteiger partial charge in [0.2, 0.25) is 0 Å². The zero-order valence-electron chi connectivity index (χ0n) is 10.7. The Hall–Kier alpha value is -3.07. The number of hydrogen-bond acceptors (Lipinski definition) is 3. The van der Waals surface area contributed by atoms with Crippen LogP contribution in [-0.2, 0) is 0 Å². The number of halogens is 2. The molecule has 0 bridgehead atoms. The van der Waals surface area contributed by atoms with Crippen LogP contribution in [0.1, 0.15) is 21.5 Å². The predicted molar refractivity (Wildman–Crippen MR) is 72.6 cm³/mol. The van der Waals surface area contributed by atoms with Crippen molar-refractivity contribution in [1.29, 1.82) is 5.26 Å². The van der Waals surface area contributed by atoms with Gasteiger partial charge < -0.3 is 0 Å². The zero-order chi connectivity index (χ0) is 15.2. The lowest BCUT2D eigenvalue weighted by molar-refractivity contribution is 0.0951. The largest absolute Gasteiger partial charge is 0.274 e. The first-order valence-electron chi connectivity index (χ1n) is 5.89. The summed E-state index contributed by atoms with van der Waals surface area (Å²) in [6.07, 6.45) is 1.12. The van der Waals surface area contributed by atoms with Gasteiger partial charge in [0, 0.05) is 5.56 Å². The summed E-state index contributed by atoms with van der Waals surface area (Å²) in [6.45, 7) is 0. The fourth-order valence-corrected chi connectivity index (χ4v) is 1.57. The fraction of sp³-hybridized carbons (Fsp3) is 0. The monoisotopic (exact) mass is 285 g/mol. The third-order valence-electron chi connectivity index (χ3n) is 2.62. The van der Waals surface area contributed by atoms with E-state index in [4.69, 9.17) is 5.26 Å². The molecular formula is C15H9F2N3O. The second-order valence-electron chi connectivity index (χ2n) is 4.03. The van der Waals surface area contributed by atoms with Crippen LogP contribution >= 0.6 is 0 Å². The third-order valence-corrected chi connectivity index (χ3v) is 2.62. The van der Waals surface area contributed by atoms with Crippen LogP contribution in [-0.4, -0.2) is 12.1 Å². The van der Waals surface area contributed by atoms with Gasteiger partial charge in [0.25, 0.3) is 5.91 Å². The molecule has 0 heterocycles. The maximum atomic E-state index is 13.6. The summed E-state index contributed by atoms with van der Waals surface area (Å²) in [4.78, 5) is 11.7. The molecule has 0 radical (unpaired) electrons. The molecule has 2 rings (SSSR count). The molecule has 0 saturated carbocycles. The Morgan fingerprint density at radius 3 is 2.62 bits per heavy atom. The van der Waals surface area contributed by atoms with Crippen molar-refractivity contribution in [3.8, 4) is 6.07 Å². The number of benzene rings is 2. The molecule has 2 aromatic rings. The number of amides is 1. The van der Waals surface area contributed by atoms with E-state index in [1.807, 2.05) is 0 Å². The number of nitrogens with one attached hydrogen (secondary N) is 1. The molecule has 0 aromatic heterocycles. The van der Waals surface area contributed by atoms with Crippen molar-refractivity contribution in [2.45, 2.75) is 0 Å². The van der Waals surface area contributed by atoms with Gasteiger partial charge in [-0.25, -0.2) is 14.2 Å². The molecule has 0 fully saturated rings. The summed E-state index contributed by atoms with van der Waals surface area (Å²) in [5, 5.41) is 12.2. The molecule has 104 valence electrons. The van der Waals surface area contributed by atoms with Crippen LogP contribution in [0.5, 0.6) is 0 Å². The van der Waals surface area contributed by atoms with E-state index in [9.17, 15) is 13.6 Å². The minimum Gasteiger partial charge on any atom is -0.267 e. The van der Waals surface area contributed by atoms with E-state index >= 15 is 0 Å². The number of nitrogens with zero attached hydrogens (tertiary/aromatic N) is 2. The van der Waals surface area contributed by atoms with Gasteiger partial charge >= 0.3 is 0 Å². The molecule has 0 saturated heterocycles. The molecule has 6 heteroatoms. The molecule has 0 atom stereocenters. The van der Waals surface area contributed by atoms with Crippen LogP contribution in [0.15, 0.2) is 47.6 Å². The van der Waals surface area contributed by atoms with Crippen LogP contribution in [0.2, 0.25) is 0 Å². The van der Waals surface area contributed by atoms with Crippen molar-refractivity contribution >= 4 is 12.1 Å². The van der Waals surface area contributed by atoms with Crippen LogP contribution < -0.4 is 5.43 Å². The summed E-state index contributed by atoms with van der Waals surface area (Å²) in [6, 6.07) is 11.1. The third kappa shape index (κ3) is 3.48. The molecule has 0 aliphatic heterocycles. The second kappa shape index (κ2) is 6.39. The first kappa shape index (κ1) is 14.3. The first-order chi connectivity index (χ1) is 10.1. The van der Waals surface area contributed by atoms with Crippen molar-refractivity contribution in [3.63, 3.8) is 0 Å². The summed E-state index contributed by atoms with van der Waals surface area (Å²) >= 11 is 0. The van der Waals surface area contributed by atoms with Gasteiger partial charge in [0.05, 0.1) is 23.4 Å². The van der Waals surface area contributed by atoms with Crippen molar-refractivity contribution in [2.24, 2.45) is 5.10 Å². The van der Waals surface area contributed by atoms with Gasteiger partial charge in [0.1, 0.15) is 11.6 Å². The molecule has 0 aliphatic carbocycles. The maximum absolute atomic E-state index is 13.6. The minimum absolute atomic E-state index is 0.110. The standard InChI is InChI=1S/C15H9F2N3O/c16-13-4-2-1-3-11(13)9-19-20-15(21)12-6-5-10(8-18)7-14(12)17/h1-7,9H,(H,20,21). The Bertz CT molecular complexity index is 751. The number of hydrazone groups is 1. The molecule has 0 spiro atoms. The van der Waals surface area contributed by atoms with E-state index in [-0.39, 0.29) is 16.7 Å². The van der Waals surface area contributed by atoms with Crippen molar-refractivity contribution < 1.29 is 13.6 Å². The SMILES string of the molecule is N#Cc1ccc(C(=O)NN=Cc2ccccc2F)c(F)c1. The molecular weight excluding hydrogens is 276 g/mol. The Morgan fingerprint density at radius 1 is 1.19 bits per heavy atom. The minimum atomic E-state index is -0.826. The zero-order valence-corrected chi connectivity index (χ0v) is 10.7. The van der Waals surface area contributed by atoms with E-state index < -0.39 is 17.5 Å². The topological polar surface area (TPSA) is 65.2 Å². The van der Waals surface area contributed by atoms with Crippen LogP contribution in [0.25, 0.3) is 0 Å². The number of carbonyl (C=O) groups is 1. The van der Waals surface area contributed by atoms with Gasteiger partial charge in [-0.1, -0.05) is 18.2 Å². The van der Waals surface area contributed by atoms with Crippen molar-refractivity contribution in [1.82, 2.24) is 5.43 Å². The molecule has 1 amide bonds. The molecule has 1 N–H and O–H groups in total. The summed E-state index contributed by atoms with van der Waals surface area (Å²) < 4.78 is 26.9. The normalized spacial score (nSPS) is 10.3. The van der Waals surface area contributed by atoms with E-state index in [1.165, 1.54) is 30.3 Å². The molecule has 21 heavy (non-hydrogen) atoms. The lowest BCUT2D eigenvalue weighted by Crippen LogP contribution is -2.19. The van der Waals surface area contributed by atoms with Crippen LogP contribution in [0.4, 0.5) is 8.78 Å². The number of hydrogen-bond donors (Lipinski definition) is 1. The van der Waals surface area contributed by atoms with Crippen LogP contribution in [0.3, 0.4) is 0 Å². The smallest absolute Gasteiger partial charge is 0.267 e. The van der Waals surface area contributed by atoms with Gasteiger partial charge in [0.15, 0.2) is 0 Å². The lowest BCUT2D eigenvalue weighted by Gasteiger charge is -2.02. The Balaban J connectivity index is 2.09. The Morgan fingerprint density at radius 2 is 1.95 bits per heavy atom. The summed E-state index contributed by atoms with van der Waals surface area (Å²) in [7, 11) is 0. The van der Waals surface area contributed by atoms with Crippen molar-refractivity contribution in [3.05, 3.63) is 70.8 Å². The maximum Gasteiger partial charge on any atom is 0.274 e. The molecule has 0 unspecified atom stereocenters. The van der Waals surface area contributed by atoms with E-state index in [0.29, 0.717) is 0 Å². The number of nitriles is 1. The lowest BCUT2D eigenvalue weighted by atomic mass is 10.1. The first-order valence-corrected chi connectivity index (χ1v) is 5.89. The number of rotatable bonds is 3. The highest BCUT2D eigenvalue weighted by molar-refractivity contribution is 5.95. The predicted octanol–water partition coefficient (Wildman–Crippen LogP) is 2.60. The molecule has 2 aromatic carbocycles. The van der Waals surface area contributed by atoms with Gasteiger partial charge in [-0.15, -0.1) is 0 Å². The van der Waals surface area contributed by atoms with Gasteiger partial charge in [-0.05, 0) is 24.3 Å². The fourth-order valence-electron chi connectivity index (χ4n) is 1.57. The highest BCUT2D eigenvalue weighted by Crippen LogP contribution is 2.10. The number of carbonyl (C=O) groups excluding carboxylic acids is 1. The van der Waals surface area contributed by atoms with Gasteiger partial charge in [-0.3, -0.25) is 4.79 Å². The van der Waals surface area contributed by atoms with E-state index in [0.717, 1.165) is 12.3 Å². The van der Waals surface area contributed by atoms with Crippen LogP contribution in [0, 0.1) is 23.0 Å². The Kier molecular flexibility index (Phi) is 4.36. The van der Waals surface area contributed by atoms with E-state index in [1.54, 1.807) is 12.1 Å². The average Bonchev–Trinajstić information content (AvgIpc) is 2.48. The second-order valence-corrected chi connectivity index (χ2v) is 4.03. The van der Waals surface area contributed by atoms with E-state index in [2.05, 4.69) is 10.5 Å². The highest BCUT2D eigenvalue weighted by Gasteiger charge is 2.11.